The van der Waals surface area contributed by atoms with E-state index in [1.807, 2.05) is 43.7 Å². The molecule has 4 heterocycles. The van der Waals surface area contributed by atoms with Gasteiger partial charge in [0.1, 0.15) is 5.69 Å². The van der Waals surface area contributed by atoms with E-state index in [1.165, 1.54) is 12.4 Å². The highest BCUT2D eigenvalue weighted by Gasteiger charge is 2.32. The summed E-state index contributed by atoms with van der Waals surface area (Å²) in [6, 6.07) is 11.3. The number of ether oxygens (including phenoxy) is 1. The molecular formula is C23H21N5O3. The van der Waals surface area contributed by atoms with Crippen molar-refractivity contribution < 1.29 is 14.3 Å². The van der Waals surface area contributed by atoms with E-state index in [9.17, 15) is 10.0 Å². The summed E-state index contributed by atoms with van der Waals surface area (Å²) in [6.07, 6.45) is 6.80. The lowest BCUT2D eigenvalue weighted by Crippen LogP contribution is -2.54. The molecule has 3 aromatic heterocycles. The van der Waals surface area contributed by atoms with Gasteiger partial charge in [-0.05, 0) is 23.3 Å². The van der Waals surface area contributed by atoms with Gasteiger partial charge in [0.2, 0.25) is 0 Å². The van der Waals surface area contributed by atoms with Crippen LogP contribution in [0.5, 0.6) is 0 Å². The van der Waals surface area contributed by atoms with Gasteiger partial charge in [-0.2, -0.15) is 9.83 Å². The molecule has 1 amide bonds. The maximum absolute atomic E-state index is 12.8. The number of nitrogens with zero attached hydrogens (tertiary/aromatic N) is 5. The Labute approximate surface area is 178 Å². The molecule has 0 bridgehead atoms. The number of aromatic nitrogens is 4. The molecule has 1 aliphatic rings. The van der Waals surface area contributed by atoms with Crippen molar-refractivity contribution in [3.63, 3.8) is 0 Å². The van der Waals surface area contributed by atoms with E-state index in [-0.39, 0.29) is 12.0 Å². The van der Waals surface area contributed by atoms with E-state index in [0.717, 1.165) is 21.4 Å². The molecule has 8 heteroatoms. The number of aryl methyl sites for hydroxylation is 1. The third kappa shape index (κ3) is 3.51. The third-order valence-electron chi connectivity index (χ3n) is 5.63. The lowest BCUT2D eigenvalue weighted by molar-refractivity contribution is -0.603. The van der Waals surface area contributed by atoms with Crippen molar-refractivity contribution in [2.24, 2.45) is 7.05 Å². The summed E-state index contributed by atoms with van der Waals surface area (Å²) in [5.41, 5.74) is 4.55. The molecule has 1 aliphatic heterocycles. The average Bonchev–Trinajstić information content (AvgIpc) is 3.18. The lowest BCUT2D eigenvalue weighted by Gasteiger charge is -2.37. The van der Waals surface area contributed by atoms with E-state index in [4.69, 9.17) is 4.74 Å². The van der Waals surface area contributed by atoms with Crippen molar-refractivity contribution in [1.29, 1.82) is 0 Å². The molecule has 1 aromatic carbocycles. The third-order valence-corrected chi connectivity index (χ3v) is 5.63. The van der Waals surface area contributed by atoms with Gasteiger partial charge in [-0.3, -0.25) is 9.48 Å². The zero-order chi connectivity index (χ0) is 21.5. The summed E-state index contributed by atoms with van der Waals surface area (Å²) >= 11 is 0. The van der Waals surface area contributed by atoms with Crippen LogP contribution in [-0.2, 0) is 11.8 Å². The number of hydrogen-bond acceptors (Lipinski definition) is 5. The monoisotopic (exact) mass is 415 g/mol. The van der Waals surface area contributed by atoms with Gasteiger partial charge in [-0.15, -0.1) is 0 Å². The molecule has 156 valence electrons. The minimum atomic E-state index is -0.132. The molecule has 0 spiro atoms. The number of methoxy groups -OCH3 is 1. The van der Waals surface area contributed by atoms with Gasteiger partial charge < -0.3 is 14.8 Å². The van der Waals surface area contributed by atoms with Gasteiger partial charge in [0, 0.05) is 39.0 Å². The summed E-state index contributed by atoms with van der Waals surface area (Å²) in [5, 5.41) is 17.1. The van der Waals surface area contributed by atoms with Crippen molar-refractivity contribution in [1.82, 2.24) is 19.7 Å². The largest absolute Gasteiger partial charge is 0.619 e. The summed E-state index contributed by atoms with van der Waals surface area (Å²) < 4.78 is 7.77. The van der Waals surface area contributed by atoms with Crippen LogP contribution in [0.1, 0.15) is 10.5 Å². The fraction of sp³-hybridized carbons (Fsp3) is 0.217. The molecule has 0 unspecified atom stereocenters. The van der Waals surface area contributed by atoms with Gasteiger partial charge in [-0.1, -0.05) is 24.3 Å². The second-order valence-corrected chi connectivity index (χ2v) is 7.71. The molecule has 0 radical (unpaired) electrons. The van der Waals surface area contributed by atoms with Crippen LogP contribution in [0.4, 0.5) is 0 Å². The average molecular weight is 415 g/mol. The maximum atomic E-state index is 12.8. The normalized spacial score (nSPS) is 14.1. The van der Waals surface area contributed by atoms with Crippen LogP contribution >= 0.6 is 0 Å². The molecule has 0 N–H and O–H groups in total. The van der Waals surface area contributed by atoms with Crippen LogP contribution in [0.25, 0.3) is 33.2 Å². The van der Waals surface area contributed by atoms with Gasteiger partial charge in [0.05, 0.1) is 28.8 Å². The SMILES string of the molecule is COC1CN(C(=O)c2ccc3c[n+]([O-])cc(-c4ccc(-c5cnn(C)c5)cc4)c3n2)C1. The Hall–Kier alpha value is -3.78. The van der Waals surface area contributed by atoms with Gasteiger partial charge in [0.25, 0.3) is 5.91 Å². The zero-order valence-electron chi connectivity index (χ0n) is 17.2. The van der Waals surface area contributed by atoms with Crippen molar-refractivity contribution in [3.8, 4) is 22.3 Å². The summed E-state index contributed by atoms with van der Waals surface area (Å²) in [4.78, 5) is 19.1. The second-order valence-electron chi connectivity index (χ2n) is 7.71. The van der Waals surface area contributed by atoms with Crippen molar-refractivity contribution in [3.05, 3.63) is 72.1 Å². The number of fused-ring (bicyclic) bond motifs is 1. The lowest BCUT2D eigenvalue weighted by atomic mass is 10.0. The molecule has 0 atom stereocenters. The van der Waals surface area contributed by atoms with E-state index in [1.54, 1.807) is 28.8 Å². The van der Waals surface area contributed by atoms with Crippen LogP contribution in [0.2, 0.25) is 0 Å². The van der Waals surface area contributed by atoms with Gasteiger partial charge in [0.15, 0.2) is 12.4 Å². The first-order valence-corrected chi connectivity index (χ1v) is 9.97. The van der Waals surface area contributed by atoms with Crippen LogP contribution < -0.4 is 4.73 Å². The van der Waals surface area contributed by atoms with Crippen LogP contribution in [-0.4, -0.2) is 51.9 Å². The summed E-state index contributed by atoms with van der Waals surface area (Å²) in [7, 11) is 3.52. The van der Waals surface area contributed by atoms with Crippen molar-refractivity contribution >= 4 is 16.8 Å². The number of amides is 1. The minimum Gasteiger partial charge on any atom is -0.619 e. The molecular weight excluding hydrogens is 394 g/mol. The molecule has 5 rings (SSSR count). The highest BCUT2D eigenvalue weighted by Crippen LogP contribution is 2.29. The standard InChI is InChI=1S/C23H21N5O3/c1-26-10-18(9-24-26)15-3-5-16(6-4-15)20-14-28(30)11-17-7-8-21(25-22(17)20)23(29)27-12-19(13-27)31-2/h3-11,14,19H,12-13H2,1-2H3. The van der Waals surface area contributed by atoms with Gasteiger partial charge in [-0.25, -0.2) is 4.98 Å². The van der Waals surface area contributed by atoms with E-state index < -0.39 is 0 Å². The maximum Gasteiger partial charge on any atom is 0.272 e. The summed E-state index contributed by atoms with van der Waals surface area (Å²) in [5.74, 6) is -0.132. The Morgan fingerprint density at radius 2 is 1.84 bits per heavy atom. The minimum absolute atomic E-state index is 0.0812. The predicted molar refractivity (Wildman–Crippen MR) is 115 cm³/mol. The summed E-state index contributed by atoms with van der Waals surface area (Å²) in [6.45, 7) is 1.13. The van der Waals surface area contributed by atoms with Crippen molar-refractivity contribution in [2.75, 3.05) is 20.2 Å². The smallest absolute Gasteiger partial charge is 0.272 e. The quantitative estimate of drug-likeness (QED) is 0.377. The first-order valence-electron chi connectivity index (χ1n) is 9.97. The molecule has 4 aromatic rings. The first kappa shape index (κ1) is 19.2. The van der Waals surface area contributed by atoms with Crippen LogP contribution in [0, 0.1) is 5.21 Å². The fourth-order valence-corrected chi connectivity index (χ4v) is 3.81. The van der Waals surface area contributed by atoms with Gasteiger partial charge >= 0.3 is 0 Å². The second kappa shape index (κ2) is 7.48. The molecule has 31 heavy (non-hydrogen) atoms. The number of carbonyl (C=O) groups excluding carboxylic acids is 1. The van der Waals surface area contributed by atoms with E-state index in [0.29, 0.717) is 35.2 Å². The highest BCUT2D eigenvalue weighted by atomic mass is 16.5. The molecule has 1 saturated heterocycles. The molecule has 0 saturated carbocycles. The number of likely N-dealkylation sites (tertiary alicyclic amines) is 1. The number of benzene rings is 1. The Balaban J connectivity index is 1.52. The molecule has 8 nitrogen and oxygen atoms in total. The first-order chi connectivity index (χ1) is 15.0. The van der Waals surface area contributed by atoms with Crippen molar-refractivity contribution in [2.45, 2.75) is 6.10 Å². The number of carbonyl (C=O) groups is 1. The highest BCUT2D eigenvalue weighted by molar-refractivity contribution is 5.98. The van der Waals surface area contributed by atoms with Crippen LogP contribution in [0.15, 0.2) is 61.2 Å². The topological polar surface area (TPSA) is 87.2 Å². The fourth-order valence-electron chi connectivity index (χ4n) is 3.81. The molecule has 0 aliphatic carbocycles. The van der Waals surface area contributed by atoms with E-state index >= 15 is 0 Å². The Morgan fingerprint density at radius 1 is 1.10 bits per heavy atom. The van der Waals surface area contributed by atoms with Crippen LogP contribution in [0.3, 0.4) is 0 Å². The number of pyridine rings is 2. The predicted octanol–water partition coefficient (Wildman–Crippen LogP) is 2.41. The number of rotatable bonds is 4. The Bertz CT molecular complexity index is 1280. The Kier molecular flexibility index (Phi) is 4.63. The number of hydrogen-bond donors (Lipinski definition) is 0. The zero-order valence-corrected chi connectivity index (χ0v) is 17.2. The Morgan fingerprint density at radius 3 is 2.52 bits per heavy atom. The molecule has 1 fully saturated rings. The van der Waals surface area contributed by atoms with E-state index in [2.05, 4.69) is 10.1 Å².